The summed E-state index contributed by atoms with van der Waals surface area (Å²) in [4.78, 5) is 40.4. The van der Waals surface area contributed by atoms with Crippen molar-refractivity contribution >= 4 is 23.5 Å². The van der Waals surface area contributed by atoms with Crippen LogP contribution in [0.15, 0.2) is 54.6 Å². The quantitative estimate of drug-likeness (QED) is 0.858. The molecule has 0 bridgehead atoms. The van der Waals surface area contributed by atoms with Crippen LogP contribution in [0.1, 0.15) is 27.1 Å². The molecule has 2 aromatic rings. The van der Waals surface area contributed by atoms with Gasteiger partial charge in [-0.05, 0) is 30.7 Å². The van der Waals surface area contributed by atoms with Gasteiger partial charge in [-0.15, -0.1) is 0 Å². The van der Waals surface area contributed by atoms with Crippen molar-refractivity contribution in [2.45, 2.75) is 12.5 Å². The van der Waals surface area contributed by atoms with Gasteiger partial charge in [0.2, 0.25) is 0 Å². The molecule has 25 heavy (non-hydrogen) atoms. The van der Waals surface area contributed by atoms with Gasteiger partial charge in [0.1, 0.15) is 0 Å². The Morgan fingerprint density at radius 2 is 1.52 bits per heavy atom. The van der Waals surface area contributed by atoms with Crippen LogP contribution in [0.5, 0.6) is 0 Å². The second-order valence-corrected chi connectivity index (χ2v) is 6.21. The van der Waals surface area contributed by atoms with Crippen LogP contribution in [-0.2, 0) is 0 Å². The van der Waals surface area contributed by atoms with Crippen molar-refractivity contribution in [3.8, 4) is 0 Å². The molecule has 1 unspecified atom stereocenters. The summed E-state index contributed by atoms with van der Waals surface area (Å²) in [7, 11) is 0. The molecule has 2 aliphatic heterocycles. The minimum absolute atomic E-state index is 0.217. The Hall–Kier alpha value is -3.15. The number of amides is 4. The number of imide groups is 1. The van der Waals surface area contributed by atoms with Gasteiger partial charge in [0.25, 0.3) is 11.8 Å². The van der Waals surface area contributed by atoms with Crippen molar-refractivity contribution in [1.29, 1.82) is 0 Å². The number of urea groups is 1. The molecule has 0 radical (unpaired) electrons. The van der Waals surface area contributed by atoms with Crippen LogP contribution in [0, 0.1) is 0 Å². The monoisotopic (exact) mass is 335 g/mol. The van der Waals surface area contributed by atoms with E-state index in [1.54, 1.807) is 29.2 Å². The minimum atomic E-state index is -0.283. The van der Waals surface area contributed by atoms with Crippen LogP contribution < -0.4 is 5.32 Å². The van der Waals surface area contributed by atoms with E-state index in [9.17, 15) is 14.4 Å². The highest BCUT2D eigenvalue weighted by Crippen LogP contribution is 2.28. The summed E-state index contributed by atoms with van der Waals surface area (Å²) in [5.41, 5.74) is 1.61. The van der Waals surface area contributed by atoms with E-state index in [-0.39, 0.29) is 23.9 Å². The highest BCUT2D eigenvalue weighted by molar-refractivity contribution is 6.21. The topological polar surface area (TPSA) is 69.7 Å². The van der Waals surface area contributed by atoms with Crippen molar-refractivity contribution in [3.05, 3.63) is 65.7 Å². The normalized spacial score (nSPS) is 19.3. The van der Waals surface area contributed by atoms with Crippen molar-refractivity contribution in [1.82, 2.24) is 9.80 Å². The first-order valence-electron chi connectivity index (χ1n) is 8.23. The van der Waals surface area contributed by atoms with Gasteiger partial charge in [-0.2, -0.15) is 0 Å². The zero-order valence-corrected chi connectivity index (χ0v) is 13.5. The highest BCUT2D eigenvalue weighted by atomic mass is 16.2. The van der Waals surface area contributed by atoms with E-state index in [2.05, 4.69) is 5.32 Å². The predicted octanol–water partition coefficient (Wildman–Crippen LogP) is 2.59. The minimum Gasteiger partial charge on any atom is -0.322 e. The summed E-state index contributed by atoms with van der Waals surface area (Å²) < 4.78 is 0. The lowest BCUT2D eigenvalue weighted by Crippen LogP contribution is -2.43. The molecule has 6 nitrogen and oxygen atoms in total. The largest absolute Gasteiger partial charge is 0.322 e. The molecule has 0 aromatic heterocycles. The third-order valence-corrected chi connectivity index (χ3v) is 4.67. The molecule has 4 rings (SSSR count). The van der Waals surface area contributed by atoms with Crippen molar-refractivity contribution in [3.63, 3.8) is 0 Å². The summed E-state index contributed by atoms with van der Waals surface area (Å²) in [5, 5.41) is 2.83. The number of para-hydroxylation sites is 1. The molecule has 0 saturated carbocycles. The lowest BCUT2D eigenvalue weighted by molar-refractivity contribution is 0.0590. The molecule has 6 heteroatoms. The number of nitrogens with zero attached hydrogens (tertiary/aromatic N) is 2. The fraction of sp³-hybridized carbons (Fsp3) is 0.211. The first-order valence-corrected chi connectivity index (χ1v) is 8.23. The molecule has 2 heterocycles. The Morgan fingerprint density at radius 3 is 2.16 bits per heavy atom. The number of hydrogen-bond donors (Lipinski definition) is 1. The third-order valence-electron chi connectivity index (χ3n) is 4.67. The Bertz CT molecular complexity index is 815. The maximum absolute atomic E-state index is 12.5. The van der Waals surface area contributed by atoms with Gasteiger partial charge in [0, 0.05) is 18.8 Å². The van der Waals surface area contributed by atoms with Crippen LogP contribution >= 0.6 is 0 Å². The number of rotatable bonds is 2. The van der Waals surface area contributed by atoms with E-state index in [1.165, 1.54) is 4.90 Å². The standard InChI is InChI=1S/C19H17N3O3/c23-17-15-8-4-5-9-16(15)18(24)22(17)14-10-11-21(12-14)19(25)20-13-6-2-1-3-7-13/h1-9,14H,10-12H2,(H,20,25). The fourth-order valence-electron chi connectivity index (χ4n) is 3.40. The number of hydrogen-bond acceptors (Lipinski definition) is 3. The SMILES string of the molecule is O=C(Nc1ccccc1)N1CCC(N2C(=O)c3ccccc3C2=O)C1. The number of nitrogens with one attached hydrogen (secondary N) is 1. The van der Waals surface area contributed by atoms with Gasteiger partial charge in [0.05, 0.1) is 17.2 Å². The van der Waals surface area contributed by atoms with E-state index in [0.29, 0.717) is 30.6 Å². The Balaban J connectivity index is 1.46. The molecule has 126 valence electrons. The van der Waals surface area contributed by atoms with E-state index >= 15 is 0 Å². The molecule has 4 amide bonds. The van der Waals surface area contributed by atoms with Gasteiger partial charge >= 0.3 is 6.03 Å². The van der Waals surface area contributed by atoms with Gasteiger partial charge in [-0.1, -0.05) is 30.3 Å². The number of benzene rings is 2. The van der Waals surface area contributed by atoms with Crippen LogP contribution in [0.4, 0.5) is 10.5 Å². The van der Waals surface area contributed by atoms with Crippen LogP contribution in [-0.4, -0.2) is 46.8 Å². The predicted molar refractivity (Wildman–Crippen MR) is 92.4 cm³/mol. The zero-order valence-electron chi connectivity index (χ0n) is 13.5. The lowest BCUT2D eigenvalue weighted by Gasteiger charge is -2.22. The fourth-order valence-corrected chi connectivity index (χ4v) is 3.40. The summed E-state index contributed by atoms with van der Waals surface area (Å²) >= 11 is 0. The second-order valence-electron chi connectivity index (χ2n) is 6.21. The van der Waals surface area contributed by atoms with Crippen molar-refractivity contribution in [2.24, 2.45) is 0 Å². The van der Waals surface area contributed by atoms with Crippen LogP contribution in [0.25, 0.3) is 0 Å². The summed E-state index contributed by atoms with van der Waals surface area (Å²) in [6.07, 6.45) is 0.591. The number of carbonyl (C=O) groups excluding carboxylic acids is 3. The lowest BCUT2D eigenvalue weighted by atomic mass is 10.1. The maximum Gasteiger partial charge on any atom is 0.321 e. The Kier molecular flexibility index (Phi) is 3.72. The van der Waals surface area contributed by atoms with Gasteiger partial charge in [0.15, 0.2) is 0 Å². The van der Waals surface area contributed by atoms with E-state index < -0.39 is 0 Å². The van der Waals surface area contributed by atoms with Crippen molar-refractivity contribution < 1.29 is 14.4 Å². The highest BCUT2D eigenvalue weighted by Gasteiger charge is 2.42. The molecule has 1 saturated heterocycles. The maximum atomic E-state index is 12.5. The molecule has 1 N–H and O–H groups in total. The van der Waals surface area contributed by atoms with Gasteiger partial charge in [-0.3, -0.25) is 14.5 Å². The molecular formula is C19H17N3O3. The van der Waals surface area contributed by atoms with E-state index in [0.717, 1.165) is 5.69 Å². The molecule has 2 aromatic carbocycles. The number of carbonyl (C=O) groups is 3. The van der Waals surface area contributed by atoms with Gasteiger partial charge < -0.3 is 10.2 Å². The van der Waals surface area contributed by atoms with Crippen molar-refractivity contribution in [2.75, 3.05) is 18.4 Å². The summed E-state index contributed by atoms with van der Waals surface area (Å²) in [6.45, 7) is 0.862. The molecular weight excluding hydrogens is 318 g/mol. The van der Waals surface area contributed by atoms with Crippen LogP contribution in [0.3, 0.4) is 0 Å². The smallest absolute Gasteiger partial charge is 0.321 e. The van der Waals surface area contributed by atoms with Crippen LogP contribution in [0.2, 0.25) is 0 Å². The second kappa shape index (κ2) is 6.05. The molecule has 0 spiro atoms. The number of likely N-dealkylation sites (tertiary alicyclic amines) is 1. The molecule has 1 atom stereocenters. The first-order chi connectivity index (χ1) is 12.1. The average Bonchev–Trinajstić information content (AvgIpc) is 3.20. The first kappa shape index (κ1) is 15.4. The number of anilines is 1. The van der Waals surface area contributed by atoms with E-state index in [1.807, 2.05) is 30.3 Å². The molecule has 0 aliphatic carbocycles. The third kappa shape index (κ3) is 2.65. The number of fused-ring (bicyclic) bond motifs is 1. The summed E-state index contributed by atoms with van der Waals surface area (Å²) in [5.74, 6) is -0.535. The zero-order chi connectivity index (χ0) is 17.4. The Morgan fingerprint density at radius 1 is 0.920 bits per heavy atom. The van der Waals surface area contributed by atoms with E-state index in [4.69, 9.17) is 0 Å². The summed E-state index contributed by atoms with van der Waals surface area (Å²) in [6, 6.07) is 15.6. The Labute approximate surface area is 145 Å². The van der Waals surface area contributed by atoms with Gasteiger partial charge in [-0.25, -0.2) is 4.79 Å². The average molecular weight is 335 g/mol. The molecule has 2 aliphatic rings. The molecule has 1 fully saturated rings.